The van der Waals surface area contributed by atoms with Gasteiger partial charge in [-0.25, -0.2) is 4.79 Å². The van der Waals surface area contributed by atoms with E-state index in [1.807, 2.05) is 30.3 Å². The van der Waals surface area contributed by atoms with Gasteiger partial charge in [0.2, 0.25) is 11.8 Å². The third-order valence-electron chi connectivity index (χ3n) is 4.25. The molecule has 8 heteroatoms. The van der Waals surface area contributed by atoms with Gasteiger partial charge in [-0.3, -0.25) is 10.1 Å². The molecule has 1 atom stereocenters. The van der Waals surface area contributed by atoms with E-state index < -0.39 is 11.3 Å². The van der Waals surface area contributed by atoms with Gasteiger partial charge in [-0.1, -0.05) is 49.2 Å². The molecule has 1 saturated carbocycles. The molecule has 138 valence electrons. The molecular weight excluding hydrogens is 352 g/mol. The van der Waals surface area contributed by atoms with Crippen LogP contribution >= 0.6 is 11.8 Å². The second kappa shape index (κ2) is 8.84. The Morgan fingerprint density at radius 2 is 1.88 bits per heavy atom. The highest BCUT2D eigenvalue weighted by Gasteiger charge is 2.22. The largest absolute Gasteiger partial charge is 0.411 e. The summed E-state index contributed by atoms with van der Waals surface area (Å²) >= 11 is 1.12. The minimum atomic E-state index is -0.531. The molecule has 26 heavy (non-hydrogen) atoms. The van der Waals surface area contributed by atoms with Crippen molar-refractivity contribution in [2.45, 2.75) is 55.5 Å². The van der Waals surface area contributed by atoms with Crippen molar-refractivity contribution in [1.29, 1.82) is 0 Å². The van der Waals surface area contributed by atoms with Gasteiger partial charge in [-0.15, -0.1) is 10.2 Å². The van der Waals surface area contributed by atoms with Crippen LogP contribution in [0.25, 0.3) is 11.5 Å². The van der Waals surface area contributed by atoms with Crippen LogP contribution in [0.1, 0.15) is 39.0 Å². The molecule has 1 fully saturated rings. The zero-order valence-corrected chi connectivity index (χ0v) is 15.4. The first-order chi connectivity index (χ1) is 12.6. The average molecular weight is 374 g/mol. The number of benzene rings is 1. The van der Waals surface area contributed by atoms with Gasteiger partial charge < -0.3 is 9.73 Å². The Morgan fingerprint density at radius 3 is 2.62 bits per heavy atom. The lowest BCUT2D eigenvalue weighted by Crippen LogP contribution is -2.47. The number of thioether (sulfide) groups is 1. The maximum absolute atomic E-state index is 12.2. The molecule has 1 aromatic carbocycles. The van der Waals surface area contributed by atoms with Gasteiger partial charge in [-0.05, 0) is 31.9 Å². The normalized spacial score (nSPS) is 16.0. The van der Waals surface area contributed by atoms with Crippen molar-refractivity contribution in [2.75, 3.05) is 0 Å². The zero-order valence-electron chi connectivity index (χ0n) is 14.6. The molecule has 2 N–H and O–H groups in total. The molecule has 1 aromatic heterocycles. The topological polar surface area (TPSA) is 97.1 Å². The van der Waals surface area contributed by atoms with Crippen LogP contribution in [-0.2, 0) is 4.79 Å². The Balaban J connectivity index is 1.49. The van der Waals surface area contributed by atoms with E-state index in [2.05, 4.69) is 20.8 Å². The van der Waals surface area contributed by atoms with Crippen molar-refractivity contribution in [2.24, 2.45) is 0 Å². The van der Waals surface area contributed by atoms with Crippen LogP contribution < -0.4 is 10.6 Å². The SMILES string of the molecule is C[C@@H](Sc1nnc(-c2ccccc2)o1)C(=O)NC(=O)NC1CCCCC1. The Hall–Kier alpha value is -2.35. The Kier molecular flexibility index (Phi) is 6.27. The summed E-state index contributed by atoms with van der Waals surface area (Å²) in [6.07, 6.45) is 5.38. The van der Waals surface area contributed by atoms with E-state index in [4.69, 9.17) is 4.42 Å². The third-order valence-corrected chi connectivity index (χ3v) is 5.19. The number of urea groups is 1. The summed E-state index contributed by atoms with van der Waals surface area (Å²) in [4.78, 5) is 24.2. The summed E-state index contributed by atoms with van der Waals surface area (Å²) in [5, 5.41) is 13.0. The monoisotopic (exact) mass is 374 g/mol. The second-order valence-corrected chi connectivity index (χ2v) is 7.59. The van der Waals surface area contributed by atoms with Crippen LogP contribution in [0.4, 0.5) is 4.79 Å². The molecule has 3 rings (SSSR count). The summed E-state index contributed by atoms with van der Waals surface area (Å²) in [5.74, 6) is 0.0125. The zero-order chi connectivity index (χ0) is 18.4. The maximum atomic E-state index is 12.2. The van der Waals surface area contributed by atoms with E-state index in [-0.39, 0.29) is 11.9 Å². The maximum Gasteiger partial charge on any atom is 0.321 e. The lowest BCUT2D eigenvalue weighted by atomic mass is 9.96. The molecule has 7 nitrogen and oxygen atoms in total. The summed E-state index contributed by atoms with van der Waals surface area (Å²) in [7, 11) is 0. The summed E-state index contributed by atoms with van der Waals surface area (Å²) < 4.78 is 5.58. The fourth-order valence-corrected chi connectivity index (χ4v) is 3.52. The number of hydrogen-bond acceptors (Lipinski definition) is 6. The highest BCUT2D eigenvalue weighted by Crippen LogP contribution is 2.26. The molecule has 1 heterocycles. The predicted octanol–water partition coefficient (Wildman–Crippen LogP) is 3.38. The number of nitrogens with zero attached hydrogens (tertiary/aromatic N) is 2. The molecule has 0 saturated heterocycles. The molecule has 0 spiro atoms. The van der Waals surface area contributed by atoms with E-state index in [9.17, 15) is 9.59 Å². The van der Waals surface area contributed by atoms with Gasteiger partial charge in [0.1, 0.15) is 0 Å². The lowest BCUT2D eigenvalue weighted by molar-refractivity contribution is -0.119. The van der Waals surface area contributed by atoms with Crippen LogP contribution in [0, 0.1) is 0 Å². The molecule has 0 radical (unpaired) electrons. The van der Waals surface area contributed by atoms with Gasteiger partial charge in [0.15, 0.2) is 0 Å². The number of imide groups is 1. The first-order valence-electron chi connectivity index (χ1n) is 8.79. The Labute approximate surface area is 156 Å². The number of carbonyl (C=O) groups excluding carboxylic acids is 2. The van der Waals surface area contributed by atoms with E-state index in [0.717, 1.165) is 43.0 Å². The molecule has 2 aromatic rings. The molecule has 0 unspecified atom stereocenters. The minimum Gasteiger partial charge on any atom is -0.411 e. The highest BCUT2D eigenvalue weighted by molar-refractivity contribution is 8.00. The van der Waals surface area contributed by atoms with E-state index in [0.29, 0.717) is 11.1 Å². The van der Waals surface area contributed by atoms with Gasteiger partial charge in [0.25, 0.3) is 5.22 Å². The third kappa shape index (κ3) is 5.08. The molecule has 1 aliphatic carbocycles. The van der Waals surface area contributed by atoms with Crippen molar-refractivity contribution in [1.82, 2.24) is 20.8 Å². The number of hydrogen-bond donors (Lipinski definition) is 2. The van der Waals surface area contributed by atoms with Crippen molar-refractivity contribution in [3.8, 4) is 11.5 Å². The van der Waals surface area contributed by atoms with Gasteiger partial charge in [0, 0.05) is 11.6 Å². The fraction of sp³-hybridized carbons (Fsp3) is 0.444. The number of amides is 3. The summed E-state index contributed by atoms with van der Waals surface area (Å²) in [6.45, 7) is 1.69. The molecule has 1 aliphatic rings. The van der Waals surface area contributed by atoms with E-state index in [1.54, 1.807) is 6.92 Å². The van der Waals surface area contributed by atoms with Crippen molar-refractivity contribution in [3.05, 3.63) is 30.3 Å². The summed E-state index contributed by atoms with van der Waals surface area (Å²) in [5.41, 5.74) is 0.816. The molecular formula is C18H22N4O3S. The number of nitrogens with one attached hydrogen (secondary N) is 2. The minimum absolute atomic E-state index is 0.156. The fourth-order valence-electron chi connectivity index (χ4n) is 2.84. The van der Waals surface area contributed by atoms with Crippen molar-refractivity contribution >= 4 is 23.7 Å². The van der Waals surface area contributed by atoms with Gasteiger partial charge >= 0.3 is 6.03 Å². The Morgan fingerprint density at radius 1 is 1.15 bits per heavy atom. The van der Waals surface area contributed by atoms with Crippen LogP contribution in [0.2, 0.25) is 0 Å². The first-order valence-corrected chi connectivity index (χ1v) is 9.67. The van der Waals surface area contributed by atoms with Crippen LogP contribution in [0.15, 0.2) is 40.0 Å². The van der Waals surface area contributed by atoms with E-state index >= 15 is 0 Å². The molecule has 0 bridgehead atoms. The number of aromatic nitrogens is 2. The standard InChI is InChI=1S/C18H22N4O3S/c1-12(15(23)20-17(24)19-14-10-6-3-7-11-14)26-18-22-21-16(25-18)13-8-4-2-5-9-13/h2,4-5,8-9,12,14H,3,6-7,10-11H2,1H3,(H2,19,20,23,24)/t12-/m1/s1. The Bertz CT molecular complexity index is 744. The van der Waals surface area contributed by atoms with Crippen molar-refractivity contribution < 1.29 is 14.0 Å². The average Bonchev–Trinajstić information content (AvgIpc) is 3.11. The first kappa shape index (κ1) is 18.4. The lowest BCUT2D eigenvalue weighted by Gasteiger charge is -2.22. The van der Waals surface area contributed by atoms with Crippen LogP contribution in [-0.4, -0.2) is 33.4 Å². The van der Waals surface area contributed by atoms with Crippen LogP contribution in [0.5, 0.6) is 0 Å². The predicted molar refractivity (Wildman–Crippen MR) is 98.6 cm³/mol. The molecule has 3 amide bonds. The summed E-state index contributed by atoms with van der Waals surface area (Å²) in [6, 6.07) is 9.12. The van der Waals surface area contributed by atoms with Gasteiger partial charge in [-0.2, -0.15) is 0 Å². The quantitative estimate of drug-likeness (QED) is 0.779. The van der Waals surface area contributed by atoms with Gasteiger partial charge in [0.05, 0.1) is 5.25 Å². The number of carbonyl (C=O) groups is 2. The smallest absolute Gasteiger partial charge is 0.321 e. The van der Waals surface area contributed by atoms with Crippen molar-refractivity contribution in [3.63, 3.8) is 0 Å². The number of rotatable bonds is 5. The van der Waals surface area contributed by atoms with E-state index in [1.165, 1.54) is 6.42 Å². The molecule has 0 aliphatic heterocycles. The highest BCUT2D eigenvalue weighted by atomic mass is 32.2. The van der Waals surface area contributed by atoms with Crippen LogP contribution in [0.3, 0.4) is 0 Å². The second-order valence-electron chi connectivity index (χ2n) is 6.30.